The predicted molar refractivity (Wildman–Crippen MR) is 71.9 cm³/mol. The summed E-state index contributed by atoms with van der Waals surface area (Å²) in [5.41, 5.74) is 1.21. The van der Waals surface area contributed by atoms with Crippen molar-refractivity contribution < 1.29 is 15.0 Å². The zero-order valence-corrected chi connectivity index (χ0v) is 11.4. The van der Waals surface area contributed by atoms with Gasteiger partial charge < -0.3 is 10.2 Å². The third-order valence-electron chi connectivity index (χ3n) is 2.83. The Hall–Kier alpha value is -0.900. The molecule has 0 fully saturated rings. The Balaban J connectivity index is 2.79. The van der Waals surface area contributed by atoms with E-state index in [0.29, 0.717) is 23.4 Å². The van der Waals surface area contributed by atoms with E-state index in [4.69, 9.17) is 11.6 Å². The monoisotopic (exact) mass is 270 g/mol. The van der Waals surface area contributed by atoms with Crippen LogP contribution in [0.1, 0.15) is 42.3 Å². The van der Waals surface area contributed by atoms with Gasteiger partial charge in [-0.15, -0.1) is 11.6 Å². The largest absolute Gasteiger partial charge is 0.390 e. The summed E-state index contributed by atoms with van der Waals surface area (Å²) >= 11 is 5.51. The second-order valence-electron chi connectivity index (χ2n) is 4.63. The maximum absolute atomic E-state index is 11.7. The van der Waals surface area contributed by atoms with Crippen LogP contribution in [0.4, 0.5) is 0 Å². The summed E-state index contributed by atoms with van der Waals surface area (Å²) in [5.74, 6) is 0.308. The lowest BCUT2D eigenvalue weighted by molar-refractivity contribution is 0.0170. The van der Waals surface area contributed by atoms with Crippen molar-refractivity contribution in [3.05, 3.63) is 35.4 Å². The van der Waals surface area contributed by atoms with E-state index in [1.807, 2.05) is 13.8 Å². The third-order valence-corrected chi connectivity index (χ3v) is 3.05. The predicted octanol–water partition coefficient (Wildman–Crippen LogP) is 2.55. The number of hydrogen-bond acceptors (Lipinski definition) is 3. The number of carbonyl (C=O) groups excluding carboxylic acids is 1. The number of hydrogen-bond donors (Lipinski definition) is 2. The summed E-state index contributed by atoms with van der Waals surface area (Å²) in [6, 6.07) is 6.68. The second-order valence-corrected chi connectivity index (χ2v) is 5.01. The van der Waals surface area contributed by atoms with Crippen LogP contribution in [0.15, 0.2) is 24.3 Å². The minimum absolute atomic E-state index is 0.0531. The Kier molecular flexibility index (Phi) is 5.79. The number of ketones is 1. The van der Waals surface area contributed by atoms with Gasteiger partial charge in [-0.25, -0.2) is 0 Å². The molecule has 0 aliphatic carbocycles. The van der Waals surface area contributed by atoms with E-state index in [1.165, 1.54) is 0 Å². The van der Waals surface area contributed by atoms with Gasteiger partial charge in [0.1, 0.15) is 6.10 Å². The van der Waals surface area contributed by atoms with Crippen molar-refractivity contribution in [1.82, 2.24) is 0 Å². The summed E-state index contributed by atoms with van der Waals surface area (Å²) in [6.45, 7) is 3.69. The van der Waals surface area contributed by atoms with Crippen LogP contribution in [0.3, 0.4) is 0 Å². The van der Waals surface area contributed by atoms with Crippen LogP contribution < -0.4 is 0 Å². The van der Waals surface area contributed by atoms with Crippen molar-refractivity contribution in [1.29, 1.82) is 0 Å². The van der Waals surface area contributed by atoms with Gasteiger partial charge in [0.05, 0.1) is 6.10 Å². The minimum atomic E-state index is -0.966. The van der Waals surface area contributed by atoms with Crippen LogP contribution in [-0.2, 0) is 0 Å². The summed E-state index contributed by atoms with van der Waals surface area (Å²) in [6.07, 6.45) is -1.52. The van der Waals surface area contributed by atoms with Gasteiger partial charge in [-0.3, -0.25) is 4.79 Å². The number of halogens is 1. The van der Waals surface area contributed by atoms with Crippen molar-refractivity contribution in [2.24, 2.45) is 5.92 Å². The molecule has 4 heteroatoms. The molecule has 0 aliphatic rings. The van der Waals surface area contributed by atoms with Crippen LogP contribution >= 0.6 is 11.6 Å². The van der Waals surface area contributed by atoms with Gasteiger partial charge in [0.2, 0.25) is 0 Å². The van der Waals surface area contributed by atoms with E-state index in [9.17, 15) is 15.0 Å². The molecule has 0 saturated carbocycles. The first kappa shape index (κ1) is 15.2. The molecule has 3 nitrogen and oxygen atoms in total. The Bertz CT molecular complexity index is 387. The van der Waals surface area contributed by atoms with Gasteiger partial charge in [0.15, 0.2) is 5.78 Å². The van der Waals surface area contributed by atoms with Gasteiger partial charge in [-0.2, -0.15) is 0 Å². The quantitative estimate of drug-likeness (QED) is 0.617. The first-order chi connectivity index (χ1) is 8.47. The zero-order chi connectivity index (χ0) is 13.7. The van der Waals surface area contributed by atoms with Crippen LogP contribution in [0.5, 0.6) is 0 Å². The summed E-state index contributed by atoms with van der Waals surface area (Å²) in [5, 5.41) is 19.5. The molecule has 0 spiro atoms. The highest BCUT2D eigenvalue weighted by molar-refractivity contribution is 6.17. The molecule has 100 valence electrons. The second kappa shape index (κ2) is 6.88. The van der Waals surface area contributed by atoms with E-state index < -0.39 is 12.2 Å². The highest BCUT2D eigenvalue weighted by atomic mass is 35.5. The number of aliphatic hydroxyl groups is 2. The molecule has 0 bridgehead atoms. The molecule has 0 radical (unpaired) electrons. The van der Waals surface area contributed by atoms with Crippen LogP contribution in [-0.4, -0.2) is 28.0 Å². The van der Waals surface area contributed by atoms with E-state index in [1.54, 1.807) is 24.3 Å². The molecule has 0 aromatic heterocycles. The van der Waals surface area contributed by atoms with Crippen LogP contribution in [0.2, 0.25) is 0 Å². The van der Waals surface area contributed by atoms with Crippen molar-refractivity contribution in [3.8, 4) is 0 Å². The number of aliphatic hydroxyl groups excluding tert-OH is 2. The Morgan fingerprint density at radius 2 is 1.78 bits per heavy atom. The molecule has 0 amide bonds. The number of alkyl halides is 1. The van der Waals surface area contributed by atoms with Crippen LogP contribution in [0, 0.1) is 5.92 Å². The van der Waals surface area contributed by atoms with Gasteiger partial charge in [-0.05, 0) is 12.0 Å². The SMILES string of the molecule is CC(C)C(=O)c1ccc(C(O)C(O)CCCl)cc1. The van der Waals surface area contributed by atoms with Crippen molar-refractivity contribution in [3.63, 3.8) is 0 Å². The standard InChI is InChI=1S/C14H19ClO3/c1-9(2)13(17)10-3-5-11(6-4-10)14(18)12(16)7-8-15/h3-6,9,12,14,16,18H,7-8H2,1-2H3. The van der Waals surface area contributed by atoms with Gasteiger partial charge in [0.25, 0.3) is 0 Å². The van der Waals surface area contributed by atoms with E-state index in [0.717, 1.165) is 0 Å². The molecular weight excluding hydrogens is 252 g/mol. The number of carbonyl (C=O) groups is 1. The van der Waals surface area contributed by atoms with E-state index in [2.05, 4.69) is 0 Å². The lowest BCUT2D eigenvalue weighted by Gasteiger charge is -2.17. The maximum Gasteiger partial charge on any atom is 0.165 e. The van der Waals surface area contributed by atoms with E-state index in [-0.39, 0.29) is 11.7 Å². The summed E-state index contributed by atoms with van der Waals surface area (Å²) in [7, 11) is 0. The third kappa shape index (κ3) is 3.80. The first-order valence-corrected chi connectivity index (χ1v) is 6.57. The van der Waals surface area contributed by atoms with Gasteiger partial charge in [-0.1, -0.05) is 38.1 Å². The minimum Gasteiger partial charge on any atom is -0.390 e. The lowest BCUT2D eigenvalue weighted by atomic mass is 9.97. The fourth-order valence-corrected chi connectivity index (χ4v) is 1.89. The number of benzene rings is 1. The Labute approximate surface area is 112 Å². The Morgan fingerprint density at radius 3 is 2.22 bits per heavy atom. The topological polar surface area (TPSA) is 57.5 Å². The molecule has 0 aliphatic heterocycles. The van der Waals surface area contributed by atoms with Gasteiger partial charge in [0, 0.05) is 17.4 Å². The normalized spacial score (nSPS) is 14.6. The maximum atomic E-state index is 11.7. The van der Waals surface area contributed by atoms with Crippen molar-refractivity contribution >= 4 is 17.4 Å². The molecule has 2 N–H and O–H groups in total. The van der Waals surface area contributed by atoms with E-state index >= 15 is 0 Å². The number of rotatable bonds is 6. The summed E-state index contributed by atoms with van der Waals surface area (Å²) < 4.78 is 0. The average molecular weight is 271 g/mol. The zero-order valence-electron chi connectivity index (χ0n) is 10.6. The molecule has 1 rings (SSSR count). The lowest BCUT2D eigenvalue weighted by Crippen LogP contribution is -2.18. The highest BCUT2D eigenvalue weighted by Crippen LogP contribution is 2.20. The molecule has 2 unspecified atom stereocenters. The smallest absolute Gasteiger partial charge is 0.165 e. The fraction of sp³-hybridized carbons (Fsp3) is 0.500. The van der Waals surface area contributed by atoms with Crippen molar-refractivity contribution in [2.45, 2.75) is 32.5 Å². The van der Waals surface area contributed by atoms with Gasteiger partial charge >= 0.3 is 0 Å². The first-order valence-electron chi connectivity index (χ1n) is 6.03. The molecule has 0 heterocycles. The Morgan fingerprint density at radius 1 is 1.22 bits per heavy atom. The molecule has 1 aromatic carbocycles. The average Bonchev–Trinajstić information content (AvgIpc) is 2.37. The highest BCUT2D eigenvalue weighted by Gasteiger charge is 2.18. The molecule has 1 aromatic rings. The number of Topliss-reactive ketones (excluding diaryl/α,β-unsaturated/α-hetero) is 1. The molecular formula is C14H19ClO3. The summed E-state index contributed by atoms with van der Waals surface area (Å²) in [4.78, 5) is 11.7. The van der Waals surface area contributed by atoms with Crippen molar-refractivity contribution in [2.75, 3.05) is 5.88 Å². The molecule has 2 atom stereocenters. The fourth-order valence-electron chi connectivity index (χ4n) is 1.67. The van der Waals surface area contributed by atoms with Crippen LogP contribution in [0.25, 0.3) is 0 Å². The molecule has 18 heavy (non-hydrogen) atoms. The molecule has 0 saturated heterocycles.